The molecule has 4 rings (SSSR count). The monoisotopic (exact) mass is 378 g/mol. The Labute approximate surface area is 164 Å². The van der Waals surface area contributed by atoms with Crippen LogP contribution in [0.2, 0.25) is 0 Å². The Hall–Kier alpha value is -2.96. The van der Waals surface area contributed by atoms with Crippen molar-refractivity contribution < 1.29 is 4.79 Å². The molecule has 0 spiro atoms. The number of nitrogens with zero attached hydrogens (tertiary/aromatic N) is 5. The molecule has 7 nitrogen and oxygen atoms in total. The topological polar surface area (TPSA) is 77.6 Å². The standard InChI is InChI=1S/C21H26N6O/c1-14-4-5-15(2)16(10-14)11-20(28)23-18-6-7-19-24-25-21(27(19)9-8-18)17-12-22-26(3)13-17/h4-5,10,12-13,18H,6-9,11H2,1-3H3,(H,23,28). The summed E-state index contributed by atoms with van der Waals surface area (Å²) in [5.41, 5.74) is 4.42. The van der Waals surface area contributed by atoms with Crippen molar-refractivity contribution in [3.63, 3.8) is 0 Å². The van der Waals surface area contributed by atoms with Gasteiger partial charge in [-0.1, -0.05) is 23.8 Å². The molecule has 2 aromatic heterocycles. The largest absolute Gasteiger partial charge is 0.353 e. The number of carbonyl (C=O) groups is 1. The Morgan fingerprint density at radius 3 is 2.89 bits per heavy atom. The molecule has 0 saturated carbocycles. The number of aromatic nitrogens is 5. The van der Waals surface area contributed by atoms with Crippen molar-refractivity contribution in [2.75, 3.05) is 0 Å². The van der Waals surface area contributed by atoms with Gasteiger partial charge in [-0.25, -0.2) is 0 Å². The zero-order valence-corrected chi connectivity index (χ0v) is 16.6. The second kappa shape index (κ2) is 7.58. The Morgan fingerprint density at radius 1 is 1.25 bits per heavy atom. The summed E-state index contributed by atoms with van der Waals surface area (Å²) in [6, 6.07) is 6.41. The summed E-state index contributed by atoms with van der Waals surface area (Å²) >= 11 is 0. The minimum absolute atomic E-state index is 0.0869. The Kier molecular flexibility index (Phi) is 4.98. The van der Waals surface area contributed by atoms with E-state index in [0.717, 1.165) is 54.1 Å². The highest BCUT2D eigenvalue weighted by atomic mass is 16.1. The zero-order chi connectivity index (χ0) is 19.7. The van der Waals surface area contributed by atoms with Crippen LogP contribution in [0.4, 0.5) is 0 Å². The second-order valence-corrected chi connectivity index (χ2v) is 7.69. The van der Waals surface area contributed by atoms with Crippen molar-refractivity contribution in [3.8, 4) is 11.4 Å². The van der Waals surface area contributed by atoms with Gasteiger partial charge < -0.3 is 9.88 Å². The first kappa shape index (κ1) is 18.4. The van der Waals surface area contributed by atoms with Crippen molar-refractivity contribution >= 4 is 5.91 Å². The lowest BCUT2D eigenvalue weighted by Gasteiger charge is -2.17. The van der Waals surface area contributed by atoms with Crippen LogP contribution in [0.25, 0.3) is 11.4 Å². The molecule has 1 N–H and O–H groups in total. The first-order valence-electron chi connectivity index (χ1n) is 9.76. The molecule has 1 unspecified atom stereocenters. The highest BCUT2D eigenvalue weighted by Crippen LogP contribution is 2.22. The van der Waals surface area contributed by atoms with E-state index < -0.39 is 0 Å². The number of rotatable bonds is 4. The highest BCUT2D eigenvalue weighted by molar-refractivity contribution is 5.79. The first-order valence-corrected chi connectivity index (χ1v) is 9.76. The number of carbonyl (C=O) groups excluding carboxylic acids is 1. The number of aryl methyl sites for hydroxylation is 4. The number of hydrogen-bond acceptors (Lipinski definition) is 4. The van der Waals surface area contributed by atoms with E-state index in [0.29, 0.717) is 6.42 Å². The Balaban J connectivity index is 1.41. The predicted octanol–water partition coefficient (Wildman–Crippen LogP) is 2.36. The third-order valence-electron chi connectivity index (χ3n) is 5.43. The van der Waals surface area contributed by atoms with Gasteiger partial charge in [-0.2, -0.15) is 5.10 Å². The normalized spacial score (nSPS) is 16.5. The van der Waals surface area contributed by atoms with E-state index in [2.05, 4.69) is 57.2 Å². The molecule has 1 amide bonds. The molecule has 3 heterocycles. The molecule has 3 aromatic rings. The minimum Gasteiger partial charge on any atom is -0.353 e. The smallest absolute Gasteiger partial charge is 0.224 e. The summed E-state index contributed by atoms with van der Waals surface area (Å²) < 4.78 is 3.93. The molecule has 7 heteroatoms. The number of fused-ring (bicyclic) bond motifs is 1. The predicted molar refractivity (Wildman–Crippen MR) is 107 cm³/mol. The van der Waals surface area contributed by atoms with Crippen LogP contribution in [0.15, 0.2) is 30.6 Å². The van der Waals surface area contributed by atoms with Crippen LogP contribution in [-0.2, 0) is 31.2 Å². The molecular weight excluding hydrogens is 352 g/mol. The van der Waals surface area contributed by atoms with Crippen molar-refractivity contribution in [1.82, 2.24) is 29.9 Å². The molecular formula is C21H26N6O. The highest BCUT2D eigenvalue weighted by Gasteiger charge is 2.22. The van der Waals surface area contributed by atoms with Crippen LogP contribution in [-0.4, -0.2) is 36.5 Å². The molecule has 1 aliphatic rings. The van der Waals surface area contributed by atoms with Crippen molar-refractivity contribution in [2.24, 2.45) is 7.05 Å². The number of amides is 1. The first-order chi connectivity index (χ1) is 13.5. The van der Waals surface area contributed by atoms with Gasteiger partial charge in [-0.15, -0.1) is 10.2 Å². The van der Waals surface area contributed by atoms with Gasteiger partial charge in [-0.3, -0.25) is 9.48 Å². The SMILES string of the molecule is Cc1ccc(C)c(CC(=O)NC2CCc3nnc(-c4cnn(C)c4)n3CC2)c1. The zero-order valence-electron chi connectivity index (χ0n) is 16.6. The quantitative estimate of drug-likeness (QED) is 0.756. The lowest BCUT2D eigenvalue weighted by atomic mass is 10.0. The molecule has 28 heavy (non-hydrogen) atoms. The molecule has 146 valence electrons. The fourth-order valence-corrected chi connectivity index (χ4v) is 3.82. The van der Waals surface area contributed by atoms with Crippen LogP contribution >= 0.6 is 0 Å². The average Bonchev–Trinajstić information content (AvgIpc) is 3.21. The maximum absolute atomic E-state index is 12.6. The lowest BCUT2D eigenvalue weighted by Crippen LogP contribution is -2.36. The van der Waals surface area contributed by atoms with Gasteiger partial charge in [0.25, 0.3) is 0 Å². The molecule has 1 atom stereocenters. The van der Waals surface area contributed by atoms with Crippen LogP contribution in [0.3, 0.4) is 0 Å². The van der Waals surface area contributed by atoms with Gasteiger partial charge in [0.1, 0.15) is 5.82 Å². The van der Waals surface area contributed by atoms with Gasteiger partial charge in [0, 0.05) is 32.3 Å². The van der Waals surface area contributed by atoms with Crippen LogP contribution < -0.4 is 5.32 Å². The fourth-order valence-electron chi connectivity index (χ4n) is 3.82. The van der Waals surface area contributed by atoms with Gasteiger partial charge in [-0.05, 0) is 37.8 Å². The van der Waals surface area contributed by atoms with E-state index in [1.807, 2.05) is 19.4 Å². The van der Waals surface area contributed by atoms with Crippen molar-refractivity contribution in [1.29, 1.82) is 0 Å². The Bertz CT molecular complexity index is 1000. The van der Waals surface area contributed by atoms with E-state index in [1.165, 1.54) is 5.56 Å². The third kappa shape index (κ3) is 3.83. The number of nitrogens with one attached hydrogen (secondary N) is 1. The van der Waals surface area contributed by atoms with Gasteiger partial charge in [0.2, 0.25) is 5.91 Å². The van der Waals surface area contributed by atoms with E-state index in [-0.39, 0.29) is 11.9 Å². The molecule has 1 aliphatic heterocycles. The van der Waals surface area contributed by atoms with Crippen LogP contribution in [0, 0.1) is 13.8 Å². The summed E-state index contributed by atoms with van der Waals surface area (Å²) in [7, 11) is 1.89. The molecule has 0 aliphatic carbocycles. The third-order valence-corrected chi connectivity index (χ3v) is 5.43. The van der Waals surface area contributed by atoms with E-state index in [1.54, 1.807) is 4.68 Å². The van der Waals surface area contributed by atoms with Gasteiger partial charge >= 0.3 is 0 Å². The summed E-state index contributed by atoms with van der Waals surface area (Å²) in [6.45, 7) is 4.90. The minimum atomic E-state index is 0.0869. The lowest BCUT2D eigenvalue weighted by molar-refractivity contribution is -0.121. The molecule has 1 aromatic carbocycles. The second-order valence-electron chi connectivity index (χ2n) is 7.69. The maximum Gasteiger partial charge on any atom is 0.224 e. The van der Waals surface area contributed by atoms with Crippen LogP contribution in [0.1, 0.15) is 35.4 Å². The van der Waals surface area contributed by atoms with Gasteiger partial charge in [0.05, 0.1) is 18.2 Å². The molecule has 0 saturated heterocycles. The van der Waals surface area contributed by atoms with E-state index in [9.17, 15) is 4.79 Å². The number of benzene rings is 1. The average molecular weight is 378 g/mol. The maximum atomic E-state index is 12.6. The molecule has 0 bridgehead atoms. The molecule has 0 fully saturated rings. The van der Waals surface area contributed by atoms with Crippen LogP contribution in [0.5, 0.6) is 0 Å². The van der Waals surface area contributed by atoms with E-state index in [4.69, 9.17) is 0 Å². The summed E-state index contributed by atoms with van der Waals surface area (Å²) in [6.07, 6.45) is 6.75. The van der Waals surface area contributed by atoms with Gasteiger partial charge in [0.15, 0.2) is 5.82 Å². The summed E-state index contributed by atoms with van der Waals surface area (Å²) in [4.78, 5) is 12.6. The Morgan fingerprint density at radius 2 is 2.11 bits per heavy atom. The van der Waals surface area contributed by atoms with Crippen molar-refractivity contribution in [3.05, 3.63) is 53.1 Å². The molecule has 0 radical (unpaired) electrons. The fraction of sp³-hybridized carbons (Fsp3) is 0.429. The summed E-state index contributed by atoms with van der Waals surface area (Å²) in [5.74, 6) is 1.92. The number of hydrogen-bond donors (Lipinski definition) is 1. The van der Waals surface area contributed by atoms with E-state index >= 15 is 0 Å². The summed E-state index contributed by atoms with van der Waals surface area (Å²) in [5, 5.41) is 16.2. The van der Waals surface area contributed by atoms with Crippen molar-refractivity contribution in [2.45, 2.75) is 52.1 Å².